The molecule has 4 heteroatoms. The van der Waals surface area contributed by atoms with Gasteiger partial charge in [-0.05, 0) is 37.2 Å². The number of benzene rings is 1. The SMILES string of the molecule is NCCCn1c(-c2ccccn2)nc2ccccc21. The second-order valence-electron chi connectivity index (χ2n) is 4.43. The maximum absolute atomic E-state index is 5.63. The Bertz CT molecular complexity index is 673. The van der Waals surface area contributed by atoms with Crippen LogP contribution in [0.2, 0.25) is 0 Å². The largest absolute Gasteiger partial charge is 0.330 e. The van der Waals surface area contributed by atoms with Gasteiger partial charge in [-0.1, -0.05) is 18.2 Å². The monoisotopic (exact) mass is 252 g/mol. The Morgan fingerprint density at radius 2 is 1.89 bits per heavy atom. The first-order chi connectivity index (χ1) is 9.40. The standard InChI is InChI=1S/C15H16N4/c16-9-5-11-19-14-8-2-1-6-12(14)18-15(19)13-7-3-4-10-17-13/h1-4,6-8,10H,5,9,11,16H2. The van der Waals surface area contributed by atoms with Gasteiger partial charge in [-0.15, -0.1) is 0 Å². The molecule has 3 rings (SSSR count). The molecule has 0 radical (unpaired) electrons. The van der Waals surface area contributed by atoms with Gasteiger partial charge in [-0.2, -0.15) is 0 Å². The lowest BCUT2D eigenvalue weighted by molar-refractivity contribution is 0.670. The van der Waals surface area contributed by atoms with Crippen LogP contribution in [0, 0.1) is 0 Å². The van der Waals surface area contributed by atoms with Crippen molar-refractivity contribution in [3.63, 3.8) is 0 Å². The Morgan fingerprint density at radius 3 is 2.68 bits per heavy atom. The van der Waals surface area contributed by atoms with Crippen molar-refractivity contribution < 1.29 is 0 Å². The Balaban J connectivity index is 2.17. The fraction of sp³-hybridized carbons (Fsp3) is 0.200. The van der Waals surface area contributed by atoms with Crippen LogP contribution in [0.5, 0.6) is 0 Å². The maximum Gasteiger partial charge on any atom is 0.159 e. The van der Waals surface area contributed by atoms with Gasteiger partial charge >= 0.3 is 0 Å². The number of pyridine rings is 1. The zero-order chi connectivity index (χ0) is 13.1. The van der Waals surface area contributed by atoms with E-state index in [-0.39, 0.29) is 0 Å². The molecule has 1 aromatic carbocycles. The Kier molecular flexibility index (Phi) is 3.25. The van der Waals surface area contributed by atoms with Crippen LogP contribution in [-0.4, -0.2) is 21.1 Å². The second kappa shape index (κ2) is 5.20. The fourth-order valence-electron chi connectivity index (χ4n) is 2.24. The van der Waals surface area contributed by atoms with Crippen molar-refractivity contribution in [3.05, 3.63) is 48.7 Å². The number of hydrogen-bond acceptors (Lipinski definition) is 3. The van der Waals surface area contributed by atoms with Crippen LogP contribution in [0.25, 0.3) is 22.6 Å². The zero-order valence-electron chi connectivity index (χ0n) is 10.7. The normalized spacial score (nSPS) is 11.0. The molecule has 0 atom stereocenters. The molecule has 0 spiro atoms. The summed E-state index contributed by atoms with van der Waals surface area (Å²) in [6, 6.07) is 14.0. The summed E-state index contributed by atoms with van der Waals surface area (Å²) in [5, 5.41) is 0. The van der Waals surface area contributed by atoms with Gasteiger partial charge < -0.3 is 10.3 Å². The number of nitrogens with two attached hydrogens (primary N) is 1. The number of nitrogens with zero attached hydrogens (tertiary/aromatic N) is 3. The van der Waals surface area contributed by atoms with Crippen molar-refractivity contribution in [2.24, 2.45) is 5.73 Å². The number of imidazole rings is 1. The molecule has 0 fully saturated rings. The van der Waals surface area contributed by atoms with E-state index < -0.39 is 0 Å². The molecule has 4 nitrogen and oxygen atoms in total. The van der Waals surface area contributed by atoms with E-state index in [1.807, 2.05) is 36.4 Å². The van der Waals surface area contributed by atoms with Crippen LogP contribution < -0.4 is 5.73 Å². The van der Waals surface area contributed by atoms with Crippen LogP contribution in [0.4, 0.5) is 0 Å². The van der Waals surface area contributed by atoms with Gasteiger partial charge in [0.15, 0.2) is 5.82 Å². The lowest BCUT2D eigenvalue weighted by Gasteiger charge is -2.07. The van der Waals surface area contributed by atoms with Crippen LogP contribution in [-0.2, 0) is 6.54 Å². The Hall–Kier alpha value is -2.20. The van der Waals surface area contributed by atoms with Crippen molar-refractivity contribution in [1.29, 1.82) is 0 Å². The third-order valence-corrected chi connectivity index (χ3v) is 3.13. The number of fused-ring (bicyclic) bond motifs is 1. The third kappa shape index (κ3) is 2.22. The van der Waals surface area contributed by atoms with Crippen LogP contribution in [0.15, 0.2) is 48.7 Å². The van der Waals surface area contributed by atoms with Crippen LogP contribution >= 0.6 is 0 Å². The van der Waals surface area contributed by atoms with Gasteiger partial charge in [0.2, 0.25) is 0 Å². The molecule has 2 N–H and O–H groups in total. The van der Waals surface area contributed by atoms with Gasteiger partial charge in [-0.3, -0.25) is 4.98 Å². The molecule has 2 heterocycles. The Morgan fingerprint density at radius 1 is 1.05 bits per heavy atom. The van der Waals surface area contributed by atoms with Crippen LogP contribution in [0.1, 0.15) is 6.42 Å². The van der Waals surface area contributed by atoms with Crippen LogP contribution in [0.3, 0.4) is 0 Å². The van der Waals surface area contributed by atoms with Gasteiger partial charge in [0.05, 0.1) is 11.0 Å². The van der Waals surface area contributed by atoms with Gasteiger partial charge in [0.1, 0.15) is 5.69 Å². The fourth-order valence-corrected chi connectivity index (χ4v) is 2.24. The highest BCUT2D eigenvalue weighted by Crippen LogP contribution is 2.23. The average molecular weight is 252 g/mol. The highest BCUT2D eigenvalue weighted by Gasteiger charge is 2.12. The molecule has 0 amide bonds. The van der Waals surface area contributed by atoms with E-state index in [0.717, 1.165) is 35.5 Å². The van der Waals surface area contributed by atoms with E-state index in [2.05, 4.69) is 15.6 Å². The molecule has 0 aliphatic carbocycles. The number of aryl methyl sites for hydroxylation is 1. The summed E-state index contributed by atoms with van der Waals surface area (Å²) in [6.45, 7) is 1.54. The molecular weight excluding hydrogens is 236 g/mol. The third-order valence-electron chi connectivity index (χ3n) is 3.13. The minimum absolute atomic E-state index is 0.675. The predicted molar refractivity (Wildman–Crippen MR) is 76.6 cm³/mol. The summed E-state index contributed by atoms with van der Waals surface area (Å²) in [5.74, 6) is 0.912. The molecule has 96 valence electrons. The van der Waals surface area contributed by atoms with E-state index in [9.17, 15) is 0 Å². The highest BCUT2D eigenvalue weighted by atomic mass is 15.1. The summed E-state index contributed by atoms with van der Waals surface area (Å²) in [7, 11) is 0. The predicted octanol–water partition coefficient (Wildman–Crippen LogP) is 2.45. The van der Waals surface area contributed by atoms with Gasteiger partial charge in [-0.25, -0.2) is 4.98 Å². The zero-order valence-corrected chi connectivity index (χ0v) is 10.7. The molecule has 0 bridgehead atoms. The van der Waals surface area contributed by atoms with Gasteiger partial charge in [0.25, 0.3) is 0 Å². The van der Waals surface area contributed by atoms with Gasteiger partial charge in [0, 0.05) is 12.7 Å². The molecule has 0 saturated heterocycles. The van der Waals surface area contributed by atoms with Crippen molar-refractivity contribution in [2.45, 2.75) is 13.0 Å². The number of aromatic nitrogens is 3. The van der Waals surface area contributed by atoms with Crippen molar-refractivity contribution in [2.75, 3.05) is 6.54 Å². The van der Waals surface area contributed by atoms with E-state index in [1.165, 1.54) is 0 Å². The van der Waals surface area contributed by atoms with Crippen molar-refractivity contribution in [3.8, 4) is 11.5 Å². The first kappa shape index (κ1) is 11.9. The molecular formula is C15H16N4. The smallest absolute Gasteiger partial charge is 0.159 e. The summed E-state index contributed by atoms with van der Waals surface area (Å²) >= 11 is 0. The molecule has 0 aliphatic heterocycles. The van der Waals surface area contributed by atoms with Crippen molar-refractivity contribution in [1.82, 2.24) is 14.5 Å². The lowest BCUT2D eigenvalue weighted by atomic mass is 10.3. The second-order valence-corrected chi connectivity index (χ2v) is 4.43. The minimum atomic E-state index is 0.675. The Labute approximate surface area is 111 Å². The molecule has 2 aromatic heterocycles. The highest BCUT2D eigenvalue weighted by molar-refractivity contribution is 5.79. The molecule has 3 aromatic rings. The maximum atomic E-state index is 5.63. The topological polar surface area (TPSA) is 56.7 Å². The van der Waals surface area contributed by atoms with E-state index in [4.69, 9.17) is 10.7 Å². The van der Waals surface area contributed by atoms with E-state index >= 15 is 0 Å². The first-order valence-electron chi connectivity index (χ1n) is 6.47. The number of para-hydroxylation sites is 2. The summed E-state index contributed by atoms with van der Waals surface area (Å²) in [4.78, 5) is 9.09. The molecule has 0 aliphatic rings. The summed E-state index contributed by atoms with van der Waals surface area (Å²) in [5.41, 5.74) is 8.66. The van der Waals surface area contributed by atoms with Crippen molar-refractivity contribution >= 4 is 11.0 Å². The quantitative estimate of drug-likeness (QED) is 0.776. The van der Waals surface area contributed by atoms with E-state index in [0.29, 0.717) is 6.54 Å². The molecule has 19 heavy (non-hydrogen) atoms. The minimum Gasteiger partial charge on any atom is -0.330 e. The molecule has 0 unspecified atom stereocenters. The summed E-state index contributed by atoms with van der Waals surface area (Å²) < 4.78 is 2.20. The lowest BCUT2D eigenvalue weighted by Crippen LogP contribution is -2.07. The van der Waals surface area contributed by atoms with E-state index in [1.54, 1.807) is 6.20 Å². The number of rotatable bonds is 4. The average Bonchev–Trinajstić information content (AvgIpc) is 2.85. The number of hydrogen-bond donors (Lipinski definition) is 1. The first-order valence-corrected chi connectivity index (χ1v) is 6.47. The molecule has 0 saturated carbocycles. The summed E-state index contributed by atoms with van der Waals surface area (Å²) in [6.07, 6.45) is 2.72.